The number of nitrogens with two attached hydrogens (primary N) is 1. The van der Waals surface area contributed by atoms with Gasteiger partial charge in [0.2, 0.25) is 0 Å². The highest BCUT2D eigenvalue weighted by molar-refractivity contribution is 7.90. The average molecular weight is 409 g/mol. The molecule has 3 N–H and O–H groups in total. The Balaban J connectivity index is 0.00000261. The standard InChI is InChI=1S/C20H24N2O3S.ClH/c1-20(14-21,17-10-11-17)22-19(23)16-7-5-6-15(12-16)13-26(24,25)18-8-3-2-4-9-18;/h2-9,12,17H,10-11,13-14,21H2,1H3,(H,22,23);1H. The molecular weight excluding hydrogens is 384 g/mol. The highest BCUT2D eigenvalue weighted by Gasteiger charge is 2.41. The van der Waals surface area contributed by atoms with Crippen LogP contribution in [0.3, 0.4) is 0 Å². The Morgan fingerprint density at radius 2 is 1.81 bits per heavy atom. The maximum Gasteiger partial charge on any atom is 0.251 e. The monoisotopic (exact) mass is 408 g/mol. The van der Waals surface area contributed by atoms with Crippen molar-refractivity contribution < 1.29 is 13.2 Å². The highest BCUT2D eigenvalue weighted by atomic mass is 35.5. The van der Waals surface area contributed by atoms with Gasteiger partial charge >= 0.3 is 0 Å². The molecule has 0 heterocycles. The number of hydrogen-bond acceptors (Lipinski definition) is 4. The van der Waals surface area contributed by atoms with Crippen molar-refractivity contribution in [3.05, 3.63) is 65.7 Å². The van der Waals surface area contributed by atoms with Crippen LogP contribution < -0.4 is 11.1 Å². The summed E-state index contributed by atoms with van der Waals surface area (Å²) in [6.45, 7) is 2.35. The van der Waals surface area contributed by atoms with Crippen molar-refractivity contribution in [3.8, 4) is 0 Å². The molecule has 2 aromatic carbocycles. The van der Waals surface area contributed by atoms with E-state index in [1.807, 2.05) is 6.92 Å². The van der Waals surface area contributed by atoms with Crippen molar-refractivity contribution >= 4 is 28.2 Å². The molecule has 0 saturated heterocycles. The number of carbonyl (C=O) groups excluding carboxylic acids is 1. The third kappa shape index (κ3) is 5.09. The molecule has 0 aliphatic heterocycles. The number of hydrogen-bond donors (Lipinski definition) is 2. The summed E-state index contributed by atoms with van der Waals surface area (Å²) < 4.78 is 25.1. The van der Waals surface area contributed by atoms with E-state index >= 15 is 0 Å². The lowest BCUT2D eigenvalue weighted by Crippen LogP contribution is -2.53. The third-order valence-corrected chi connectivity index (χ3v) is 6.65. The summed E-state index contributed by atoms with van der Waals surface area (Å²) in [5.74, 6) is 0.0523. The summed E-state index contributed by atoms with van der Waals surface area (Å²) in [5, 5.41) is 3.03. The Bertz CT molecular complexity index is 898. The topological polar surface area (TPSA) is 89.3 Å². The predicted molar refractivity (Wildman–Crippen MR) is 109 cm³/mol. The first kappa shape index (κ1) is 21.4. The molecule has 1 amide bonds. The number of carbonyl (C=O) groups is 1. The fourth-order valence-corrected chi connectivity index (χ4v) is 4.46. The Morgan fingerprint density at radius 3 is 2.41 bits per heavy atom. The first-order chi connectivity index (χ1) is 12.3. The molecule has 0 bridgehead atoms. The van der Waals surface area contributed by atoms with Crippen LogP contribution in [-0.2, 0) is 15.6 Å². The number of halogens is 1. The SMILES string of the molecule is CC(CN)(NC(=O)c1cccc(CS(=O)(=O)c2ccccc2)c1)C1CC1.Cl. The average Bonchev–Trinajstić information content (AvgIpc) is 3.48. The van der Waals surface area contributed by atoms with Gasteiger partial charge in [-0.05, 0) is 55.5 Å². The lowest BCUT2D eigenvalue weighted by atomic mass is 9.95. The largest absolute Gasteiger partial charge is 0.345 e. The maximum absolute atomic E-state index is 12.6. The van der Waals surface area contributed by atoms with Crippen LogP contribution in [0.1, 0.15) is 35.7 Å². The van der Waals surface area contributed by atoms with E-state index in [0.717, 1.165) is 12.8 Å². The van der Waals surface area contributed by atoms with Crippen LogP contribution in [0.25, 0.3) is 0 Å². The molecule has 146 valence electrons. The van der Waals surface area contributed by atoms with E-state index < -0.39 is 15.4 Å². The van der Waals surface area contributed by atoms with E-state index in [-0.39, 0.29) is 29.0 Å². The number of nitrogens with one attached hydrogen (secondary N) is 1. The molecule has 1 unspecified atom stereocenters. The van der Waals surface area contributed by atoms with Gasteiger partial charge in [0.25, 0.3) is 5.91 Å². The lowest BCUT2D eigenvalue weighted by Gasteiger charge is -2.29. The van der Waals surface area contributed by atoms with Gasteiger partial charge in [0.1, 0.15) is 0 Å². The third-order valence-electron chi connectivity index (χ3n) is 4.95. The van der Waals surface area contributed by atoms with Crippen LogP contribution in [0.5, 0.6) is 0 Å². The first-order valence-corrected chi connectivity index (χ1v) is 10.4. The quantitative estimate of drug-likeness (QED) is 0.737. The molecule has 2 aromatic rings. The van der Waals surface area contributed by atoms with Gasteiger partial charge in [0, 0.05) is 12.1 Å². The van der Waals surface area contributed by atoms with Crippen LogP contribution >= 0.6 is 12.4 Å². The molecule has 1 atom stereocenters. The second-order valence-electron chi connectivity index (χ2n) is 7.12. The molecule has 1 aliphatic rings. The van der Waals surface area contributed by atoms with Gasteiger partial charge in [-0.25, -0.2) is 8.42 Å². The fraction of sp³-hybridized carbons (Fsp3) is 0.350. The molecular formula is C20H25ClN2O3S. The van der Waals surface area contributed by atoms with Gasteiger partial charge in [-0.15, -0.1) is 12.4 Å². The summed E-state index contributed by atoms with van der Waals surface area (Å²) in [5.41, 5.74) is 6.48. The number of benzene rings is 2. The summed E-state index contributed by atoms with van der Waals surface area (Å²) in [6, 6.07) is 15.1. The molecule has 0 radical (unpaired) electrons. The van der Waals surface area contributed by atoms with Crippen molar-refractivity contribution in [1.29, 1.82) is 0 Å². The second-order valence-corrected chi connectivity index (χ2v) is 9.11. The number of rotatable bonds is 7. The minimum Gasteiger partial charge on any atom is -0.345 e. The molecule has 1 fully saturated rings. The minimum absolute atomic E-state index is 0. The summed E-state index contributed by atoms with van der Waals surface area (Å²) in [4.78, 5) is 12.9. The second kappa shape index (κ2) is 8.42. The predicted octanol–water partition coefficient (Wildman–Crippen LogP) is 2.94. The van der Waals surface area contributed by atoms with Gasteiger partial charge in [0.15, 0.2) is 9.84 Å². The highest BCUT2D eigenvalue weighted by Crippen LogP contribution is 2.39. The Kier molecular flexibility index (Phi) is 6.68. The lowest BCUT2D eigenvalue weighted by molar-refractivity contribution is 0.0897. The zero-order valence-electron chi connectivity index (χ0n) is 15.2. The van der Waals surface area contributed by atoms with E-state index in [4.69, 9.17) is 5.73 Å². The van der Waals surface area contributed by atoms with Crippen LogP contribution in [0, 0.1) is 5.92 Å². The van der Waals surface area contributed by atoms with E-state index in [0.29, 0.717) is 23.6 Å². The normalized spacial score (nSPS) is 16.1. The van der Waals surface area contributed by atoms with Crippen molar-refractivity contribution in [2.45, 2.75) is 36.0 Å². The molecule has 0 aromatic heterocycles. The van der Waals surface area contributed by atoms with Gasteiger partial charge in [-0.1, -0.05) is 30.3 Å². The molecule has 5 nitrogen and oxygen atoms in total. The molecule has 27 heavy (non-hydrogen) atoms. The van der Waals surface area contributed by atoms with E-state index in [1.54, 1.807) is 54.6 Å². The molecule has 0 spiro atoms. The molecule has 1 saturated carbocycles. The van der Waals surface area contributed by atoms with Crippen LogP contribution in [0.4, 0.5) is 0 Å². The minimum atomic E-state index is -3.45. The van der Waals surface area contributed by atoms with Crippen LogP contribution in [0.2, 0.25) is 0 Å². The zero-order chi connectivity index (χ0) is 18.8. The smallest absolute Gasteiger partial charge is 0.251 e. The van der Waals surface area contributed by atoms with E-state index in [9.17, 15) is 13.2 Å². The molecule has 7 heteroatoms. The van der Waals surface area contributed by atoms with Crippen LogP contribution in [-0.4, -0.2) is 26.4 Å². The summed E-state index contributed by atoms with van der Waals surface area (Å²) in [7, 11) is -3.45. The van der Waals surface area contributed by atoms with Crippen LogP contribution in [0.15, 0.2) is 59.5 Å². The van der Waals surface area contributed by atoms with Gasteiger partial charge in [0.05, 0.1) is 16.2 Å². The Labute approximate surface area is 166 Å². The zero-order valence-corrected chi connectivity index (χ0v) is 16.9. The number of sulfone groups is 1. The molecule has 1 aliphatic carbocycles. The van der Waals surface area contributed by atoms with Crippen molar-refractivity contribution in [1.82, 2.24) is 5.32 Å². The summed E-state index contributed by atoms with van der Waals surface area (Å²) in [6.07, 6.45) is 2.15. The van der Waals surface area contributed by atoms with E-state index in [2.05, 4.69) is 5.32 Å². The number of amides is 1. The van der Waals surface area contributed by atoms with Crippen molar-refractivity contribution in [2.24, 2.45) is 11.7 Å². The van der Waals surface area contributed by atoms with Crippen molar-refractivity contribution in [2.75, 3.05) is 6.54 Å². The maximum atomic E-state index is 12.6. The fourth-order valence-electron chi connectivity index (χ4n) is 3.10. The summed E-state index contributed by atoms with van der Waals surface area (Å²) >= 11 is 0. The Hall–Kier alpha value is -1.89. The van der Waals surface area contributed by atoms with Gasteiger partial charge < -0.3 is 11.1 Å². The van der Waals surface area contributed by atoms with Gasteiger partial charge in [-0.2, -0.15) is 0 Å². The van der Waals surface area contributed by atoms with Crippen molar-refractivity contribution in [3.63, 3.8) is 0 Å². The molecule has 3 rings (SSSR count). The van der Waals surface area contributed by atoms with Gasteiger partial charge in [-0.3, -0.25) is 4.79 Å². The first-order valence-electron chi connectivity index (χ1n) is 8.73. The van der Waals surface area contributed by atoms with E-state index in [1.165, 1.54) is 0 Å². The Morgan fingerprint density at radius 1 is 1.15 bits per heavy atom.